The molecule has 0 radical (unpaired) electrons. The molecule has 5 heteroatoms. The summed E-state index contributed by atoms with van der Waals surface area (Å²) >= 11 is 0. The van der Waals surface area contributed by atoms with Crippen LogP contribution in [0.5, 0.6) is 0 Å². The van der Waals surface area contributed by atoms with E-state index < -0.39 is 0 Å². The smallest absolute Gasteiger partial charge is 0.222 e. The van der Waals surface area contributed by atoms with Gasteiger partial charge in [-0.05, 0) is 62.9 Å². The molecule has 0 bridgehead atoms. The molecule has 1 saturated heterocycles. The average molecular weight is 341 g/mol. The van der Waals surface area contributed by atoms with Crippen LogP contribution in [-0.2, 0) is 11.2 Å². The molecule has 1 saturated carbocycles. The molecule has 0 aromatic heterocycles. The zero-order chi connectivity index (χ0) is 15.7. The number of likely N-dealkylation sites (N-methyl/N-ethyl adjacent to an activating group) is 1. The Morgan fingerprint density at radius 2 is 2.04 bits per heavy atom. The van der Waals surface area contributed by atoms with Crippen molar-refractivity contribution < 1.29 is 9.18 Å². The van der Waals surface area contributed by atoms with Crippen molar-refractivity contribution in [1.82, 2.24) is 9.80 Å². The Labute approximate surface area is 144 Å². The zero-order valence-corrected chi connectivity index (χ0v) is 14.7. The first-order valence-corrected chi connectivity index (χ1v) is 8.23. The van der Waals surface area contributed by atoms with E-state index in [9.17, 15) is 9.18 Å². The van der Waals surface area contributed by atoms with Crippen molar-refractivity contribution in [2.24, 2.45) is 11.8 Å². The minimum absolute atomic E-state index is 0. The van der Waals surface area contributed by atoms with Gasteiger partial charge in [-0.2, -0.15) is 0 Å². The molecule has 1 heterocycles. The van der Waals surface area contributed by atoms with Crippen molar-refractivity contribution in [3.05, 3.63) is 35.6 Å². The monoisotopic (exact) mass is 340 g/mol. The first kappa shape index (κ1) is 18.2. The van der Waals surface area contributed by atoms with Crippen molar-refractivity contribution in [1.29, 1.82) is 0 Å². The van der Waals surface area contributed by atoms with Crippen LogP contribution in [0, 0.1) is 17.7 Å². The van der Waals surface area contributed by atoms with Gasteiger partial charge in [0.15, 0.2) is 0 Å². The lowest BCUT2D eigenvalue weighted by atomic mass is 9.97. The fraction of sp³-hybridized carbons (Fsp3) is 0.611. The maximum absolute atomic E-state index is 13.2. The molecule has 1 aromatic carbocycles. The number of benzene rings is 1. The highest BCUT2D eigenvalue weighted by Gasteiger charge is 2.44. The van der Waals surface area contributed by atoms with Gasteiger partial charge in [-0.3, -0.25) is 4.79 Å². The minimum atomic E-state index is -0.229. The van der Waals surface area contributed by atoms with Crippen LogP contribution in [0.3, 0.4) is 0 Å². The van der Waals surface area contributed by atoms with Gasteiger partial charge >= 0.3 is 0 Å². The van der Waals surface area contributed by atoms with E-state index in [1.807, 2.05) is 11.0 Å². The SMILES string of the molecule is CN(C)[C@H]1CN(C(=O)CCc2cccc(F)c2)C[C@@H]1C1CC1.Cl. The number of halogens is 2. The topological polar surface area (TPSA) is 23.6 Å². The summed E-state index contributed by atoms with van der Waals surface area (Å²) in [5.74, 6) is 1.42. The number of rotatable bonds is 5. The van der Waals surface area contributed by atoms with Crippen LogP contribution in [0.2, 0.25) is 0 Å². The second-order valence-electron chi connectivity index (χ2n) is 6.96. The van der Waals surface area contributed by atoms with E-state index in [-0.39, 0.29) is 24.1 Å². The first-order chi connectivity index (χ1) is 10.5. The van der Waals surface area contributed by atoms with Crippen LogP contribution in [0.4, 0.5) is 4.39 Å². The summed E-state index contributed by atoms with van der Waals surface area (Å²) in [4.78, 5) is 16.8. The summed E-state index contributed by atoms with van der Waals surface area (Å²) < 4.78 is 13.2. The van der Waals surface area contributed by atoms with Crippen molar-refractivity contribution in [2.45, 2.75) is 31.7 Å². The number of likely N-dealkylation sites (tertiary alicyclic amines) is 1. The average Bonchev–Trinajstić information content (AvgIpc) is 3.23. The second-order valence-corrected chi connectivity index (χ2v) is 6.96. The van der Waals surface area contributed by atoms with Crippen LogP contribution < -0.4 is 0 Å². The molecule has 1 aliphatic carbocycles. The highest BCUT2D eigenvalue weighted by molar-refractivity contribution is 5.85. The number of hydrogen-bond donors (Lipinski definition) is 0. The summed E-state index contributed by atoms with van der Waals surface area (Å²) in [6.07, 6.45) is 3.73. The molecule has 3 rings (SSSR count). The normalized spacial score (nSPS) is 23.9. The largest absolute Gasteiger partial charge is 0.341 e. The predicted octanol–water partition coefficient (Wildman–Crippen LogP) is 2.98. The number of amides is 1. The van der Waals surface area contributed by atoms with Crippen molar-refractivity contribution in [3.8, 4) is 0 Å². The molecule has 0 spiro atoms. The van der Waals surface area contributed by atoms with Gasteiger partial charge in [-0.1, -0.05) is 12.1 Å². The van der Waals surface area contributed by atoms with E-state index in [4.69, 9.17) is 0 Å². The van der Waals surface area contributed by atoms with Gasteiger partial charge in [-0.25, -0.2) is 4.39 Å². The fourth-order valence-corrected chi connectivity index (χ4v) is 3.65. The lowest BCUT2D eigenvalue weighted by Gasteiger charge is -2.24. The van der Waals surface area contributed by atoms with Gasteiger partial charge in [0.05, 0.1) is 0 Å². The first-order valence-electron chi connectivity index (χ1n) is 8.23. The van der Waals surface area contributed by atoms with E-state index in [0.29, 0.717) is 24.8 Å². The Morgan fingerprint density at radius 3 is 2.65 bits per heavy atom. The van der Waals surface area contributed by atoms with E-state index >= 15 is 0 Å². The maximum atomic E-state index is 13.2. The molecular weight excluding hydrogens is 315 g/mol. The number of aryl methyl sites for hydroxylation is 1. The molecule has 2 atom stereocenters. The van der Waals surface area contributed by atoms with Crippen LogP contribution in [-0.4, -0.2) is 48.9 Å². The Balaban J connectivity index is 0.00000192. The molecule has 1 amide bonds. The van der Waals surface area contributed by atoms with Gasteiger partial charge in [0.25, 0.3) is 0 Å². The Hall–Kier alpha value is -1.13. The third-order valence-corrected chi connectivity index (χ3v) is 5.09. The molecule has 23 heavy (non-hydrogen) atoms. The summed E-state index contributed by atoms with van der Waals surface area (Å²) in [6, 6.07) is 7.04. The molecule has 1 aromatic rings. The van der Waals surface area contributed by atoms with Crippen LogP contribution in [0.25, 0.3) is 0 Å². The standard InChI is InChI=1S/C18H25FN2O.ClH/c1-20(2)17-12-21(11-16(17)14-7-8-14)18(22)9-6-13-4-3-5-15(19)10-13;/h3-5,10,14,16-17H,6-9,11-12H2,1-2H3;1H/t16-,17+;/m1./s1. The van der Waals surface area contributed by atoms with Crippen LogP contribution in [0.15, 0.2) is 24.3 Å². The van der Waals surface area contributed by atoms with Crippen LogP contribution in [0.1, 0.15) is 24.8 Å². The van der Waals surface area contributed by atoms with E-state index in [1.54, 1.807) is 6.07 Å². The molecule has 2 fully saturated rings. The number of carbonyl (C=O) groups excluding carboxylic acids is 1. The van der Waals surface area contributed by atoms with Gasteiger partial charge in [-0.15, -0.1) is 12.4 Å². The Kier molecular flexibility index (Phi) is 6.04. The lowest BCUT2D eigenvalue weighted by molar-refractivity contribution is -0.130. The molecule has 3 nitrogen and oxygen atoms in total. The van der Waals surface area contributed by atoms with Gasteiger partial charge in [0.1, 0.15) is 5.82 Å². The molecular formula is C18H26ClFN2O. The summed E-state index contributed by atoms with van der Waals surface area (Å²) in [6.45, 7) is 1.74. The third-order valence-electron chi connectivity index (χ3n) is 5.09. The van der Waals surface area contributed by atoms with Crippen molar-refractivity contribution in [3.63, 3.8) is 0 Å². The Bertz CT molecular complexity index is 538. The number of hydrogen-bond acceptors (Lipinski definition) is 2. The lowest BCUT2D eigenvalue weighted by Crippen LogP contribution is -2.36. The highest BCUT2D eigenvalue weighted by Crippen LogP contribution is 2.42. The number of carbonyl (C=O) groups is 1. The molecule has 2 aliphatic rings. The van der Waals surface area contributed by atoms with E-state index in [0.717, 1.165) is 24.6 Å². The number of nitrogens with zero attached hydrogens (tertiary/aromatic N) is 2. The van der Waals surface area contributed by atoms with Crippen LogP contribution >= 0.6 is 12.4 Å². The van der Waals surface area contributed by atoms with Crippen molar-refractivity contribution in [2.75, 3.05) is 27.2 Å². The summed E-state index contributed by atoms with van der Waals surface area (Å²) in [7, 11) is 4.22. The van der Waals surface area contributed by atoms with Gasteiger partial charge < -0.3 is 9.80 Å². The second kappa shape index (κ2) is 7.63. The molecule has 1 aliphatic heterocycles. The van der Waals surface area contributed by atoms with Crippen molar-refractivity contribution >= 4 is 18.3 Å². The summed E-state index contributed by atoms with van der Waals surface area (Å²) in [5.41, 5.74) is 0.899. The fourth-order valence-electron chi connectivity index (χ4n) is 3.65. The van der Waals surface area contributed by atoms with E-state index in [2.05, 4.69) is 19.0 Å². The van der Waals surface area contributed by atoms with Gasteiger partial charge in [0.2, 0.25) is 5.91 Å². The van der Waals surface area contributed by atoms with E-state index in [1.165, 1.54) is 25.0 Å². The molecule has 0 unspecified atom stereocenters. The highest BCUT2D eigenvalue weighted by atomic mass is 35.5. The zero-order valence-electron chi connectivity index (χ0n) is 13.9. The molecule has 0 N–H and O–H groups in total. The molecule has 128 valence electrons. The summed E-state index contributed by atoms with van der Waals surface area (Å²) in [5, 5.41) is 0. The predicted molar refractivity (Wildman–Crippen MR) is 92.2 cm³/mol. The van der Waals surface area contributed by atoms with Gasteiger partial charge in [0, 0.05) is 25.6 Å². The Morgan fingerprint density at radius 1 is 1.30 bits per heavy atom. The minimum Gasteiger partial charge on any atom is -0.341 e. The quantitative estimate of drug-likeness (QED) is 0.822. The third kappa shape index (κ3) is 4.45. The maximum Gasteiger partial charge on any atom is 0.222 e.